The van der Waals surface area contributed by atoms with Gasteiger partial charge in [0.1, 0.15) is 0 Å². The first kappa shape index (κ1) is 14.5. The molecule has 0 radical (unpaired) electrons. The van der Waals surface area contributed by atoms with Gasteiger partial charge in [-0.25, -0.2) is 0 Å². The molecule has 0 spiro atoms. The van der Waals surface area contributed by atoms with Crippen molar-refractivity contribution in [1.29, 1.82) is 0 Å². The highest BCUT2D eigenvalue weighted by Gasteiger charge is 2.27. The maximum absolute atomic E-state index is 12.4. The fourth-order valence-corrected chi connectivity index (χ4v) is 3.33. The Hall–Kier alpha value is -1.39. The van der Waals surface area contributed by atoms with Gasteiger partial charge < -0.3 is 9.64 Å². The number of hydrogen-bond acceptors (Lipinski definition) is 3. The molecule has 4 heteroatoms. The Morgan fingerprint density at radius 1 is 1.00 bits per heavy atom. The van der Waals surface area contributed by atoms with Crippen molar-refractivity contribution < 1.29 is 9.53 Å². The fraction of sp³-hybridized carbons (Fsp3) is 0.588. The van der Waals surface area contributed by atoms with E-state index in [-0.39, 0.29) is 5.91 Å². The van der Waals surface area contributed by atoms with E-state index in [2.05, 4.69) is 4.90 Å². The van der Waals surface area contributed by atoms with Crippen LogP contribution < -0.4 is 0 Å². The van der Waals surface area contributed by atoms with Crippen LogP contribution in [-0.2, 0) is 4.74 Å². The normalized spacial score (nSPS) is 22.0. The highest BCUT2D eigenvalue weighted by molar-refractivity contribution is 5.94. The summed E-state index contributed by atoms with van der Waals surface area (Å²) in [7, 11) is 0. The number of rotatable bonds is 2. The summed E-state index contributed by atoms with van der Waals surface area (Å²) in [6.07, 6.45) is 3.29. The maximum Gasteiger partial charge on any atom is 0.253 e. The number of nitrogens with zero attached hydrogens (tertiary/aromatic N) is 2. The van der Waals surface area contributed by atoms with Crippen LogP contribution in [0.5, 0.6) is 0 Å². The fourth-order valence-electron chi connectivity index (χ4n) is 3.33. The molecule has 0 aliphatic carbocycles. The molecule has 2 fully saturated rings. The van der Waals surface area contributed by atoms with Gasteiger partial charge in [-0.05, 0) is 31.4 Å². The largest absolute Gasteiger partial charge is 0.380 e. The third-order valence-electron chi connectivity index (χ3n) is 4.55. The van der Waals surface area contributed by atoms with Crippen LogP contribution in [0.2, 0.25) is 0 Å². The Balaban J connectivity index is 1.54. The predicted octanol–water partition coefficient (Wildman–Crippen LogP) is 2.01. The molecule has 0 aromatic heterocycles. The Labute approximate surface area is 126 Å². The summed E-state index contributed by atoms with van der Waals surface area (Å²) < 4.78 is 5.53. The Bertz CT molecular complexity index is 447. The summed E-state index contributed by atoms with van der Waals surface area (Å²) in [5.41, 5.74) is 0.805. The van der Waals surface area contributed by atoms with E-state index < -0.39 is 0 Å². The zero-order valence-electron chi connectivity index (χ0n) is 12.5. The monoisotopic (exact) mass is 288 g/mol. The molecule has 1 aromatic rings. The van der Waals surface area contributed by atoms with Crippen molar-refractivity contribution in [2.45, 2.75) is 25.3 Å². The lowest BCUT2D eigenvalue weighted by atomic mass is 10.0. The van der Waals surface area contributed by atoms with Crippen LogP contribution in [0.25, 0.3) is 0 Å². The van der Waals surface area contributed by atoms with Gasteiger partial charge in [-0.2, -0.15) is 0 Å². The van der Waals surface area contributed by atoms with Crippen molar-refractivity contribution in [2.24, 2.45) is 0 Å². The lowest BCUT2D eigenvalue weighted by Gasteiger charge is -2.38. The summed E-state index contributed by atoms with van der Waals surface area (Å²) in [6.45, 7) is 5.66. The second-order valence-corrected chi connectivity index (χ2v) is 5.89. The van der Waals surface area contributed by atoms with Crippen LogP contribution in [-0.4, -0.2) is 61.1 Å². The van der Waals surface area contributed by atoms with Gasteiger partial charge in [-0.3, -0.25) is 9.69 Å². The molecule has 2 saturated heterocycles. The smallest absolute Gasteiger partial charge is 0.253 e. The molecule has 0 bridgehead atoms. The van der Waals surface area contributed by atoms with Crippen LogP contribution in [0.15, 0.2) is 30.3 Å². The molecule has 0 unspecified atom stereocenters. The standard InChI is InChI=1S/C17H24N2O2/c20-17(15-5-2-1-3-6-15)19-10-7-16(8-11-19)18-9-4-13-21-14-12-18/h1-3,5-6,16H,4,7-14H2. The van der Waals surface area contributed by atoms with Crippen molar-refractivity contribution in [3.05, 3.63) is 35.9 Å². The van der Waals surface area contributed by atoms with Gasteiger partial charge in [0.2, 0.25) is 0 Å². The summed E-state index contributed by atoms with van der Waals surface area (Å²) in [5, 5.41) is 0. The summed E-state index contributed by atoms with van der Waals surface area (Å²) >= 11 is 0. The summed E-state index contributed by atoms with van der Waals surface area (Å²) in [4.78, 5) is 17.0. The van der Waals surface area contributed by atoms with Gasteiger partial charge in [0, 0.05) is 44.4 Å². The average Bonchev–Trinajstić information content (AvgIpc) is 2.84. The SMILES string of the molecule is O=C(c1ccccc1)N1CCC(N2CCCOCC2)CC1. The molecule has 1 amide bonds. The van der Waals surface area contributed by atoms with Gasteiger partial charge in [0.15, 0.2) is 0 Å². The van der Waals surface area contributed by atoms with E-state index in [1.807, 2.05) is 35.2 Å². The van der Waals surface area contributed by atoms with Crippen molar-refractivity contribution in [2.75, 3.05) is 39.4 Å². The van der Waals surface area contributed by atoms with E-state index in [4.69, 9.17) is 4.74 Å². The van der Waals surface area contributed by atoms with Crippen molar-refractivity contribution in [3.8, 4) is 0 Å². The summed E-state index contributed by atoms with van der Waals surface area (Å²) in [6, 6.07) is 10.2. The second-order valence-electron chi connectivity index (χ2n) is 5.89. The van der Waals surface area contributed by atoms with Gasteiger partial charge in [-0.15, -0.1) is 0 Å². The molecule has 2 aliphatic rings. The zero-order valence-corrected chi connectivity index (χ0v) is 12.5. The molecule has 0 N–H and O–H groups in total. The van der Waals surface area contributed by atoms with Crippen molar-refractivity contribution >= 4 is 5.91 Å². The van der Waals surface area contributed by atoms with Crippen LogP contribution in [0.1, 0.15) is 29.6 Å². The van der Waals surface area contributed by atoms with E-state index in [0.29, 0.717) is 6.04 Å². The Kier molecular flexibility index (Phi) is 4.88. The summed E-state index contributed by atoms with van der Waals surface area (Å²) in [5.74, 6) is 0.174. The first-order chi connectivity index (χ1) is 10.3. The van der Waals surface area contributed by atoms with Crippen molar-refractivity contribution in [1.82, 2.24) is 9.80 Å². The van der Waals surface area contributed by atoms with Gasteiger partial charge in [-0.1, -0.05) is 18.2 Å². The average molecular weight is 288 g/mol. The number of ether oxygens (including phenoxy) is 1. The number of carbonyl (C=O) groups is 1. The van der Waals surface area contributed by atoms with Crippen molar-refractivity contribution in [3.63, 3.8) is 0 Å². The topological polar surface area (TPSA) is 32.8 Å². The molecule has 1 aromatic carbocycles. The highest BCUT2D eigenvalue weighted by Crippen LogP contribution is 2.19. The second kappa shape index (κ2) is 7.05. The van der Waals surface area contributed by atoms with Crippen LogP contribution in [0.3, 0.4) is 0 Å². The van der Waals surface area contributed by atoms with Gasteiger partial charge in [0.05, 0.1) is 6.61 Å². The third kappa shape index (κ3) is 3.63. The number of piperidine rings is 1. The number of hydrogen-bond donors (Lipinski definition) is 0. The molecule has 0 saturated carbocycles. The van der Waals surface area contributed by atoms with E-state index in [0.717, 1.165) is 64.2 Å². The Morgan fingerprint density at radius 2 is 1.76 bits per heavy atom. The maximum atomic E-state index is 12.4. The van der Waals surface area contributed by atoms with Gasteiger partial charge >= 0.3 is 0 Å². The number of carbonyl (C=O) groups excluding carboxylic acids is 1. The molecule has 0 atom stereocenters. The molecular formula is C17H24N2O2. The molecule has 4 nitrogen and oxygen atoms in total. The number of amides is 1. The van der Waals surface area contributed by atoms with Crippen LogP contribution in [0, 0.1) is 0 Å². The van der Waals surface area contributed by atoms with Crippen LogP contribution >= 0.6 is 0 Å². The Morgan fingerprint density at radius 3 is 2.52 bits per heavy atom. The first-order valence-electron chi connectivity index (χ1n) is 8.01. The number of benzene rings is 1. The highest BCUT2D eigenvalue weighted by atomic mass is 16.5. The van der Waals surface area contributed by atoms with E-state index in [1.54, 1.807) is 0 Å². The molecular weight excluding hydrogens is 264 g/mol. The minimum atomic E-state index is 0.174. The predicted molar refractivity (Wildman–Crippen MR) is 82.4 cm³/mol. The lowest BCUT2D eigenvalue weighted by Crippen LogP contribution is -2.47. The molecule has 3 rings (SSSR count). The molecule has 2 aliphatic heterocycles. The lowest BCUT2D eigenvalue weighted by molar-refractivity contribution is 0.0609. The van der Waals surface area contributed by atoms with Gasteiger partial charge in [0.25, 0.3) is 5.91 Å². The first-order valence-corrected chi connectivity index (χ1v) is 8.01. The number of likely N-dealkylation sites (tertiary alicyclic amines) is 1. The van der Waals surface area contributed by atoms with Crippen LogP contribution in [0.4, 0.5) is 0 Å². The van der Waals surface area contributed by atoms with E-state index in [1.165, 1.54) is 0 Å². The molecule has 114 valence electrons. The quantitative estimate of drug-likeness (QED) is 0.834. The minimum Gasteiger partial charge on any atom is -0.380 e. The minimum absolute atomic E-state index is 0.174. The molecule has 21 heavy (non-hydrogen) atoms. The van der Waals surface area contributed by atoms with E-state index >= 15 is 0 Å². The molecule has 2 heterocycles. The zero-order chi connectivity index (χ0) is 14.5. The third-order valence-corrected chi connectivity index (χ3v) is 4.55. The van der Waals surface area contributed by atoms with E-state index in [9.17, 15) is 4.79 Å².